The van der Waals surface area contributed by atoms with E-state index in [1.807, 2.05) is 0 Å². The monoisotopic (exact) mass is 393 g/mol. The molecule has 1 amide bonds. The molecule has 3 heterocycles. The molecule has 8 nitrogen and oxygen atoms in total. The molecule has 1 aliphatic heterocycles. The Morgan fingerprint density at radius 2 is 2.19 bits per heavy atom. The molecule has 0 saturated carbocycles. The topological polar surface area (TPSA) is 99.5 Å². The lowest BCUT2D eigenvalue weighted by molar-refractivity contribution is -0.122. The Morgan fingerprint density at radius 3 is 2.85 bits per heavy atom. The minimum atomic E-state index is -0.462. The van der Waals surface area contributed by atoms with Gasteiger partial charge in [-0.25, -0.2) is 9.78 Å². The molecule has 0 aliphatic carbocycles. The number of amides is 1. The molecule has 9 heteroatoms. The highest BCUT2D eigenvalue weighted by Gasteiger charge is 2.22. The molecule has 27 heavy (non-hydrogen) atoms. The van der Waals surface area contributed by atoms with Crippen molar-refractivity contribution in [3.63, 3.8) is 0 Å². The quantitative estimate of drug-likeness (QED) is 0.748. The van der Waals surface area contributed by atoms with Crippen molar-refractivity contribution in [1.82, 2.24) is 14.9 Å². The molecule has 146 valence electrons. The van der Waals surface area contributed by atoms with E-state index in [9.17, 15) is 14.4 Å². The Labute approximate surface area is 160 Å². The summed E-state index contributed by atoms with van der Waals surface area (Å²) >= 11 is 1.14. The molecule has 1 atom stereocenters. The van der Waals surface area contributed by atoms with Crippen LogP contribution in [0, 0.1) is 13.8 Å². The van der Waals surface area contributed by atoms with E-state index in [1.54, 1.807) is 20.8 Å². The number of nitrogens with zero attached hydrogens (tertiary/aromatic N) is 2. The van der Waals surface area contributed by atoms with Crippen molar-refractivity contribution >= 4 is 33.4 Å². The first-order valence-electron chi connectivity index (χ1n) is 8.98. The van der Waals surface area contributed by atoms with Gasteiger partial charge in [0.25, 0.3) is 5.56 Å². The van der Waals surface area contributed by atoms with Crippen molar-refractivity contribution in [2.75, 3.05) is 19.8 Å². The molecule has 0 unspecified atom stereocenters. The van der Waals surface area contributed by atoms with Gasteiger partial charge in [-0.15, -0.1) is 11.3 Å². The number of esters is 1. The SMILES string of the molecule is CCOC(=O)c1sc2nc(C)n(CC(=O)NC[C@@H]3CCCO3)c(=O)c2c1C. The van der Waals surface area contributed by atoms with Gasteiger partial charge < -0.3 is 14.8 Å². The number of hydrogen-bond acceptors (Lipinski definition) is 7. The Bertz CT molecular complexity index is 927. The average Bonchev–Trinajstić information content (AvgIpc) is 3.25. The molecule has 0 aromatic carbocycles. The van der Waals surface area contributed by atoms with E-state index in [-0.39, 0.29) is 30.7 Å². The third-order valence-corrected chi connectivity index (χ3v) is 5.72. The number of carbonyl (C=O) groups is 2. The standard InChI is InChI=1S/C18H23N3O5S/c1-4-25-18(24)15-10(2)14-16(27-15)20-11(3)21(17(14)23)9-13(22)19-8-12-6-5-7-26-12/h12H,4-9H2,1-3H3,(H,19,22)/t12-/m0/s1. The summed E-state index contributed by atoms with van der Waals surface area (Å²) in [5.41, 5.74) is 0.216. The van der Waals surface area contributed by atoms with Crippen LogP contribution in [0.15, 0.2) is 4.79 Å². The van der Waals surface area contributed by atoms with E-state index >= 15 is 0 Å². The van der Waals surface area contributed by atoms with E-state index in [0.717, 1.165) is 30.8 Å². The van der Waals surface area contributed by atoms with Crippen molar-refractivity contribution < 1.29 is 19.1 Å². The van der Waals surface area contributed by atoms with E-state index in [0.29, 0.717) is 33.0 Å². The van der Waals surface area contributed by atoms with Gasteiger partial charge in [0.15, 0.2) is 0 Å². The van der Waals surface area contributed by atoms with Crippen LogP contribution in [0.5, 0.6) is 0 Å². The van der Waals surface area contributed by atoms with Crippen LogP contribution in [-0.4, -0.2) is 47.3 Å². The predicted octanol–water partition coefficient (Wildman–Crippen LogP) is 1.55. The van der Waals surface area contributed by atoms with Crippen LogP contribution in [-0.2, 0) is 20.8 Å². The van der Waals surface area contributed by atoms with Crippen LogP contribution < -0.4 is 10.9 Å². The van der Waals surface area contributed by atoms with Gasteiger partial charge >= 0.3 is 5.97 Å². The summed E-state index contributed by atoms with van der Waals surface area (Å²) in [6.07, 6.45) is 1.97. The van der Waals surface area contributed by atoms with Gasteiger partial charge in [-0.1, -0.05) is 0 Å². The van der Waals surface area contributed by atoms with E-state index in [2.05, 4.69) is 10.3 Å². The second kappa shape index (κ2) is 8.18. The van der Waals surface area contributed by atoms with Crippen molar-refractivity contribution in [2.45, 2.75) is 46.3 Å². The summed E-state index contributed by atoms with van der Waals surface area (Å²) in [7, 11) is 0. The maximum Gasteiger partial charge on any atom is 0.348 e. The fraction of sp³-hybridized carbons (Fsp3) is 0.556. The fourth-order valence-corrected chi connectivity index (χ4v) is 4.24. The van der Waals surface area contributed by atoms with Crippen molar-refractivity contribution in [1.29, 1.82) is 0 Å². The van der Waals surface area contributed by atoms with Gasteiger partial charge in [0.2, 0.25) is 5.91 Å². The number of fused-ring (bicyclic) bond motifs is 1. The highest BCUT2D eigenvalue weighted by atomic mass is 32.1. The zero-order valence-corrected chi connectivity index (χ0v) is 16.5. The number of carbonyl (C=O) groups excluding carboxylic acids is 2. The van der Waals surface area contributed by atoms with Gasteiger partial charge in [0, 0.05) is 13.2 Å². The minimum Gasteiger partial charge on any atom is -0.462 e. The highest BCUT2D eigenvalue weighted by molar-refractivity contribution is 7.20. The molecule has 2 aromatic rings. The summed E-state index contributed by atoms with van der Waals surface area (Å²) in [6.45, 7) is 6.40. The summed E-state index contributed by atoms with van der Waals surface area (Å²) < 4.78 is 11.9. The number of hydrogen-bond donors (Lipinski definition) is 1. The van der Waals surface area contributed by atoms with Gasteiger partial charge in [0.05, 0.1) is 18.1 Å². The first-order valence-corrected chi connectivity index (χ1v) is 9.80. The van der Waals surface area contributed by atoms with Gasteiger partial charge in [0.1, 0.15) is 22.1 Å². The molecule has 1 N–H and O–H groups in total. The van der Waals surface area contributed by atoms with Crippen molar-refractivity contribution in [2.24, 2.45) is 0 Å². The molecule has 1 fully saturated rings. The lowest BCUT2D eigenvalue weighted by Crippen LogP contribution is -2.37. The molecule has 0 bridgehead atoms. The predicted molar refractivity (Wildman–Crippen MR) is 101 cm³/mol. The second-order valence-corrected chi connectivity index (χ2v) is 7.45. The maximum absolute atomic E-state index is 12.9. The van der Waals surface area contributed by atoms with Crippen LogP contribution in [0.4, 0.5) is 0 Å². The third-order valence-electron chi connectivity index (χ3n) is 4.55. The smallest absolute Gasteiger partial charge is 0.348 e. The van der Waals surface area contributed by atoms with Gasteiger partial charge in [-0.2, -0.15) is 0 Å². The number of nitrogens with one attached hydrogen (secondary N) is 1. The van der Waals surface area contributed by atoms with Gasteiger partial charge in [-0.05, 0) is 39.2 Å². The van der Waals surface area contributed by atoms with Crippen LogP contribution in [0.3, 0.4) is 0 Å². The molecule has 3 rings (SSSR count). The normalized spacial score (nSPS) is 16.6. The molecular weight excluding hydrogens is 370 g/mol. The molecular formula is C18H23N3O5S. The van der Waals surface area contributed by atoms with Crippen LogP contribution in [0.2, 0.25) is 0 Å². The number of thiophene rings is 1. The van der Waals surface area contributed by atoms with Crippen LogP contribution in [0.1, 0.15) is 40.8 Å². The summed E-state index contributed by atoms with van der Waals surface area (Å²) in [6, 6.07) is 0. The number of aryl methyl sites for hydroxylation is 2. The summed E-state index contributed by atoms with van der Waals surface area (Å²) in [5, 5.41) is 3.17. The second-order valence-electron chi connectivity index (χ2n) is 6.45. The molecule has 1 aliphatic rings. The van der Waals surface area contributed by atoms with E-state index in [1.165, 1.54) is 4.57 Å². The Hall–Kier alpha value is -2.26. The minimum absolute atomic E-state index is 0.0404. The van der Waals surface area contributed by atoms with Crippen molar-refractivity contribution in [3.8, 4) is 0 Å². The molecule has 1 saturated heterocycles. The van der Waals surface area contributed by atoms with E-state index < -0.39 is 5.97 Å². The average molecular weight is 393 g/mol. The lowest BCUT2D eigenvalue weighted by Gasteiger charge is -2.13. The molecule has 0 spiro atoms. The Balaban J connectivity index is 1.85. The lowest BCUT2D eigenvalue weighted by atomic mass is 10.2. The zero-order chi connectivity index (χ0) is 19.6. The Morgan fingerprint density at radius 1 is 1.41 bits per heavy atom. The first-order chi connectivity index (χ1) is 12.9. The van der Waals surface area contributed by atoms with Gasteiger partial charge in [-0.3, -0.25) is 14.2 Å². The number of aromatic nitrogens is 2. The first kappa shape index (κ1) is 19.5. The van der Waals surface area contributed by atoms with E-state index in [4.69, 9.17) is 9.47 Å². The Kier molecular flexibility index (Phi) is 5.91. The van der Waals surface area contributed by atoms with Crippen molar-refractivity contribution in [3.05, 3.63) is 26.6 Å². The number of rotatable bonds is 6. The maximum atomic E-state index is 12.9. The largest absolute Gasteiger partial charge is 0.462 e. The molecule has 2 aromatic heterocycles. The van der Waals surface area contributed by atoms with Crippen LogP contribution >= 0.6 is 11.3 Å². The summed E-state index contributed by atoms with van der Waals surface area (Å²) in [4.78, 5) is 42.6. The molecule has 0 radical (unpaired) electrons. The third kappa shape index (κ3) is 4.03. The number of ether oxygens (including phenoxy) is 2. The summed E-state index contributed by atoms with van der Waals surface area (Å²) in [5.74, 6) is -0.303. The highest BCUT2D eigenvalue weighted by Crippen LogP contribution is 2.28. The fourth-order valence-electron chi connectivity index (χ4n) is 3.13. The van der Waals surface area contributed by atoms with Crippen LogP contribution in [0.25, 0.3) is 10.2 Å². The zero-order valence-electron chi connectivity index (χ0n) is 15.7.